The van der Waals surface area contributed by atoms with Gasteiger partial charge in [-0.25, -0.2) is 4.79 Å². The van der Waals surface area contributed by atoms with E-state index in [1.165, 1.54) is 0 Å². The molecule has 31 heavy (non-hydrogen) atoms. The van der Waals surface area contributed by atoms with Crippen LogP contribution in [0.3, 0.4) is 0 Å². The molecule has 0 radical (unpaired) electrons. The molecule has 1 amide bonds. The fourth-order valence-electron chi connectivity index (χ4n) is 4.01. The van der Waals surface area contributed by atoms with Gasteiger partial charge in [-0.05, 0) is 43.5 Å². The van der Waals surface area contributed by atoms with Crippen LogP contribution in [-0.2, 0) is 9.53 Å². The van der Waals surface area contributed by atoms with Gasteiger partial charge >= 0.3 is 5.97 Å². The van der Waals surface area contributed by atoms with Crippen molar-refractivity contribution in [2.75, 3.05) is 18.1 Å². The molecule has 6 heteroatoms. The van der Waals surface area contributed by atoms with Crippen LogP contribution in [-0.4, -0.2) is 35.8 Å². The zero-order valence-corrected chi connectivity index (χ0v) is 17.0. The quantitative estimate of drug-likeness (QED) is 0.445. The van der Waals surface area contributed by atoms with Gasteiger partial charge in [0, 0.05) is 41.2 Å². The molecule has 3 aromatic rings. The van der Waals surface area contributed by atoms with Crippen LogP contribution in [0, 0.1) is 0 Å². The van der Waals surface area contributed by atoms with Crippen molar-refractivity contribution in [3.63, 3.8) is 0 Å². The van der Waals surface area contributed by atoms with Gasteiger partial charge in [-0.15, -0.1) is 0 Å². The van der Waals surface area contributed by atoms with Gasteiger partial charge in [0.25, 0.3) is 0 Å². The molecule has 0 atom stereocenters. The molecule has 1 aliphatic heterocycles. The molecule has 0 bridgehead atoms. The molecule has 1 aliphatic carbocycles. The highest BCUT2D eigenvalue weighted by Gasteiger charge is 2.27. The van der Waals surface area contributed by atoms with Crippen molar-refractivity contribution in [3.05, 3.63) is 71.4 Å². The molecule has 2 aromatic carbocycles. The molecule has 5 rings (SSSR count). The number of esters is 1. The molecule has 0 spiro atoms. The van der Waals surface area contributed by atoms with Gasteiger partial charge in [-0.2, -0.15) is 0 Å². The van der Waals surface area contributed by atoms with Crippen LogP contribution < -0.4 is 4.90 Å². The molecule has 156 valence electrons. The number of carbonyl (C=O) groups excluding carboxylic acids is 3. The number of hydrogen-bond acceptors (Lipinski definition) is 5. The number of ketones is 1. The fraction of sp³-hybridized carbons (Fsp3) is 0.280. The zero-order valence-electron chi connectivity index (χ0n) is 17.0. The van der Waals surface area contributed by atoms with Gasteiger partial charge in [-0.1, -0.05) is 30.3 Å². The number of rotatable bonds is 6. The first-order valence-electron chi connectivity index (χ1n) is 10.6. The highest BCUT2D eigenvalue weighted by atomic mass is 16.5. The Morgan fingerprint density at radius 1 is 1.06 bits per heavy atom. The minimum Gasteiger partial charge on any atom is -0.454 e. The van der Waals surface area contributed by atoms with Crippen LogP contribution >= 0.6 is 0 Å². The van der Waals surface area contributed by atoms with E-state index in [2.05, 4.69) is 4.98 Å². The van der Waals surface area contributed by atoms with E-state index in [0.29, 0.717) is 35.7 Å². The van der Waals surface area contributed by atoms with Crippen molar-refractivity contribution in [1.82, 2.24) is 4.98 Å². The lowest BCUT2D eigenvalue weighted by molar-refractivity contribution is -0.117. The number of Topliss-reactive ketones (excluding diaryl/α,β-unsaturated/α-hetero) is 1. The highest BCUT2D eigenvalue weighted by molar-refractivity contribution is 6.05. The van der Waals surface area contributed by atoms with E-state index in [1.807, 2.05) is 30.3 Å². The average molecular weight is 414 g/mol. The molecular weight excluding hydrogens is 392 g/mol. The SMILES string of the molecule is O=C(COC(=O)c1cc(C2CC2)nc2ccccc12)c1cccc(N2CCCC2=O)c1. The van der Waals surface area contributed by atoms with E-state index < -0.39 is 5.97 Å². The second kappa shape index (κ2) is 7.95. The number of fused-ring (bicyclic) bond motifs is 1. The van der Waals surface area contributed by atoms with E-state index in [1.54, 1.807) is 29.2 Å². The van der Waals surface area contributed by atoms with Crippen molar-refractivity contribution in [3.8, 4) is 0 Å². The summed E-state index contributed by atoms with van der Waals surface area (Å²) in [6.45, 7) is 0.301. The summed E-state index contributed by atoms with van der Waals surface area (Å²) in [6.07, 6.45) is 3.50. The lowest BCUT2D eigenvalue weighted by Crippen LogP contribution is -2.24. The normalized spacial score (nSPS) is 16.0. The van der Waals surface area contributed by atoms with E-state index >= 15 is 0 Å². The first-order chi connectivity index (χ1) is 15.1. The maximum absolute atomic E-state index is 12.9. The summed E-state index contributed by atoms with van der Waals surface area (Å²) in [5.74, 6) is -0.372. The second-order valence-electron chi connectivity index (χ2n) is 8.08. The third-order valence-corrected chi connectivity index (χ3v) is 5.84. The van der Waals surface area contributed by atoms with Crippen LogP contribution in [0.1, 0.15) is 58.0 Å². The first kappa shape index (κ1) is 19.4. The van der Waals surface area contributed by atoms with Crippen molar-refractivity contribution >= 4 is 34.3 Å². The van der Waals surface area contributed by atoms with E-state index in [-0.39, 0.29) is 18.3 Å². The summed E-state index contributed by atoms with van der Waals surface area (Å²) >= 11 is 0. The molecule has 6 nitrogen and oxygen atoms in total. The first-order valence-corrected chi connectivity index (χ1v) is 10.6. The summed E-state index contributed by atoms with van der Waals surface area (Å²) in [6, 6.07) is 16.2. The molecule has 0 unspecified atom stereocenters. The van der Waals surface area contributed by atoms with Crippen molar-refractivity contribution in [2.24, 2.45) is 0 Å². The molecular formula is C25H22N2O4. The number of ether oxygens (including phenoxy) is 1. The maximum atomic E-state index is 12.9. The van der Waals surface area contributed by atoms with E-state index in [0.717, 1.165) is 35.9 Å². The molecule has 1 saturated carbocycles. The van der Waals surface area contributed by atoms with Crippen molar-refractivity contribution in [1.29, 1.82) is 0 Å². The molecule has 1 aromatic heterocycles. The Balaban J connectivity index is 1.33. The fourth-order valence-corrected chi connectivity index (χ4v) is 4.01. The third-order valence-electron chi connectivity index (χ3n) is 5.84. The third kappa shape index (κ3) is 3.93. The number of aromatic nitrogens is 1. The van der Waals surface area contributed by atoms with Gasteiger partial charge < -0.3 is 9.64 Å². The second-order valence-corrected chi connectivity index (χ2v) is 8.08. The Bertz CT molecular complexity index is 1200. The van der Waals surface area contributed by atoms with Gasteiger partial charge in [-0.3, -0.25) is 14.6 Å². The molecule has 2 aliphatic rings. The van der Waals surface area contributed by atoms with Crippen LogP contribution in [0.2, 0.25) is 0 Å². The highest BCUT2D eigenvalue weighted by Crippen LogP contribution is 2.40. The monoisotopic (exact) mass is 414 g/mol. The molecule has 2 heterocycles. The minimum atomic E-state index is -0.528. The summed E-state index contributed by atoms with van der Waals surface area (Å²) in [5, 5.41) is 0.721. The predicted molar refractivity (Wildman–Crippen MR) is 116 cm³/mol. The number of amides is 1. The Morgan fingerprint density at radius 3 is 2.68 bits per heavy atom. The van der Waals surface area contributed by atoms with Crippen LogP contribution in [0.4, 0.5) is 5.69 Å². The molecule has 1 saturated heterocycles. The van der Waals surface area contributed by atoms with Crippen molar-refractivity contribution < 1.29 is 19.1 Å². The van der Waals surface area contributed by atoms with Gasteiger partial charge in [0.15, 0.2) is 12.4 Å². The van der Waals surface area contributed by atoms with E-state index in [4.69, 9.17) is 4.74 Å². The summed E-state index contributed by atoms with van der Waals surface area (Å²) in [7, 11) is 0. The minimum absolute atomic E-state index is 0.0621. The average Bonchev–Trinajstić information content (AvgIpc) is 3.57. The number of benzene rings is 2. The van der Waals surface area contributed by atoms with Gasteiger partial charge in [0.2, 0.25) is 5.91 Å². The Morgan fingerprint density at radius 2 is 1.90 bits per heavy atom. The smallest absolute Gasteiger partial charge is 0.339 e. The Kier molecular flexibility index (Phi) is 4.98. The number of carbonyl (C=O) groups is 3. The predicted octanol–water partition coefficient (Wildman–Crippen LogP) is 4.28. The van der Waals surface area contributed by atoms with Crippen LogP contribution in [0.15, 0.2) is 54.6 Å². The Hall–Kier alpha value is -3.54. The van der Waals surface area contributed by atoms with E-state index in [9.17, 15) is 14.4 Å². The van der Waals surface area contributed by atoms with Gasteiger partial charge in [0.1, 0.15) is 0 Å². The topological polar surface area (TPSA) is 76.6 Å². The Labute approximate surface area is 179 Å². The number of pyridine rings is 1. The summed E-state index contributed by atoms with van der Waals surface area (Å²) in [4.78, 5) is 43.9. The number of nitrogens with zero attached hydrogens (tertiary/aromatic N) is 2. The molecule has 0 N–H and O–H groups in total. The lowest BCUT2D eigenvalue weighted by atomic mass is 10.1. The van der Waals surface area contributed by atoms with Crippen LogP contribution in [0.25, 0.3) is 10.9 Å². The maximum Gasteiger partial charge on any atom is 0.339 e. The largest absolute Gasteiger partial charge is 0.454 e. The summed E-state index contributed by atoms with van der Waals surface area (Å²) in [5.41, 5.74) is 3.22. The van der Waals surface area contributed by atoms with Crippen molar-refractivity contribution in [2.45, 2.75) is 31.6 Å². The number of hydrogen-bond donors (Lipinski definition) is 0. The zero-order chi connectivity index (χ0) is 21.4. The van der Waals surface area contributed by atoms with Crippen LogP contribution in [0.5, 0.6) is 0 Å². The summed E-state index contributed by atoms with van der Waals surface area (Å²) < 4.78 is 5.40. The van der Waals surface area contributed by atoms with Gasteiger partial charge in [0.05, 0.1) is 11.1 Å². The number of para-hydroxylation sites is 1. The number of anilines is 1. The standard InChI is InChI=1S/C25H22N2O4/c28-23(17-5-3-6-18(13-17)27-12-4-9-24(27)29)15-31-25(30)20-14-22(16-10-11-16)26-21-8-2-1-7-19(20)21/h1-3,5-8,13-14,16H,4,9-12,15H2. The molecule has 2 fully saturated rings. The lowest BCUT2D eigenvalue weighted by Gasteiger charge is -2.16.